The van der Waals surface area contributed by atoms with Crippen molar-refractivity contribution in [2.24, 2.45) is 0 Å². The average molecular weight is 472 g/mol. The number of nitrogens with zero attached hydrogens (tertiary/aromatic N) is 5. The molecular weight excluding hydrogens is 446 g/mol. The summed E-state index contributed by atoms with van der Waals surface area (Å²) in [6.45, 7) is 4.33. The lowest BCUT2D eigenvalue weighted by Gasteiger charge is -2.36. The van der Waals surface area contributed by atoms with Crippen molar-refractivity contribution >= 4 is 21.4 Å². The van der Waals surface area contributed by atoms with Crippen LogP contribution in [0.15, 0.2) is 47.4 Å². The molecular formula is C22H25N5O5S. The van der Waals surface area contributed by atoms with Gasteiger partial charge in [0.05, 0.1) is 34.7 Å². The highest BCUT2D eigenvalue weighted by Gasteiger charge is 2.30. The Morgan fingerprint density at radius 2 is 1.76 bits per heavy atom. The van der Waals surface area contributed by atoms with Crippen LogP contribution in [0.1, 0.15) is 11.1 Å². The molecule has 2 fully saturated rings. The summed E-state index contributed by atoms with van der Waals surface area (Å²) in [4.78, 5) is 15.4. The van der Waals surface area contributed by atoms with Crippen LogP contribution in [0.5, 0.6) is 0 Å². The second kappa shape index (κ2) is 9.84. The minimum atomic E-state index is -3.82. The van der Waals surface area contributed by atoms with E-state index >= 15 is 0 Å². The van der Waals surface area contributed by atoms with Crippen molar-refractivity contribution < 1.29 is 18.1 Å². The van der Waals surface area contributed by atoms with Gasteiger partial charge in [-0.1, -0.05) is 12.1 Å². The number of piperazine rings is 1. The minimum Gasteiger partial charge on any atom is -0.379 e. The quantitative estimate of drug-likeness (QED) is 0.462. The van der Waals surface area contributed by atoms with E-state index in [-0.39, 0.29) is 23.7 Å². The maximum Gasteiger partial charge on any atom is 0.293 e. The lowest BCUT2D eigenvalue weighted by molar-refractivity contribution is -0.384. The fourth-order valence-corrected chi connectivity index (χ4v) is 5.59. The number of nitro groups is 1. The summed E-state index contributed by atoms with van der Waals surface area (Å²) in [6, 6.07) is 13.8. The highest BCUT2D eigenvalue weighted by atomic mass is 32.2. The van der Waals surface area contributed by atoms with Crippen molar-refractivity contribution in [3.63, 3.8) is 0 Å². The normalized spacial score (nSPS) is 18.1. The standard InChI is InChI=1S/C22H25N5O5S/c23-16-18-2-1-3-19(14-18)17-24-6-8-25(9-7-24)21-5-4-20(15-22(21)27(28)29)33(30,31)26-10-12-32-13-11-26/h1-5,14-15H,6-13,17H2. The van der Waals surface area contributed by atoms with Crippen molar-refractivity contribution in [2.75, 3.05) is 57.4 Å². The summed E-state index contributed by atoms with van der Waals surface area (Å²) in [5.41, 5.74) is 1.88. The molecule has 0 bridgehead atoms. The van der Waals surface area contributed by atoms with E-state index in [1.165, 1.54) is 22.5 Å². The monoisotopic (exact) mass is 471 g/mol. The van der Waals surface area contributed by atoms with Gasteiger partial charge in [-0.2, -0.15) is 9.57 Å². The summed E-state index contributed by atoms with van der Waals surface area (Å²) in [6.07, 6.45) is 0. The Kier molecular flexibility index (Phi) is 6.90. The average Bonchev–Trinajstić information content (AvgIpc) is 2.85. The zero-order valence-corrected chi connectivity index (χ0v) is 18.9. The molecule has 0 radical (unpaired) electrons. The number of rotatable bonds is 6. The molecule has 0 atom stereocenters. The third-order valence-electron chi connectivity index (χ3n) is 5.93. The Morgan fingerprint density at radius 1 is 1.03 bits per heavy atom. The highest BCUT2D eigenvalue weighted by Crippen LogP contribution is 2.32. The number of ether oxygens (including phenoxy) is 1. The van der Waals surface area contributed by atoms with Crippen LogP contribution in [0, 0.1) is 21.4 Å². The van der Waals surface area contributed by atoms with E-state index in [0.29, 0.717) is 57.2 Å². The summed E-state index contributed by atoms with van der Waals surface area (Å²) in [7, 11) is -3.82. The second-order valence-electron chi connectivity index (χ2n) is 8.00. The zero-order chi connectivity index (χ0) is 23.4. The van der Waals surface area contributed by atoms with Gasteiger partial charge in [-0.3, -0.25) is 15.0 Å². The molecule has 0 saturated carbocycles. The number of hydrogen-bond acceptors (Lipinski definition) is 8. The van der Waals surface area contributed by atoms with Crippen LogP contribution in [0.2, 0.25) is 0 Å². The van der Waals surface area contributed by atoms with Gasteiger partial charge in [-0.05, 0) is 29.8 Å². The van der Waals surface area contributed by atoms with E-state index in [1.807, 2.05) is 23.1 Å². The molecule has 2 heterocycles. The molecule has 33 heavy (non-hydrogen) atoms. The molecule has 0 aliphatic carbocycles. The molecule has 0 aromatic heterocycles. The van der Waals surface area contributed by atoms with Crippen LogP contribution in [0.3, 0.4) is 0 Å². The molecule has 4 rings (SSSR count). The lowest BCUT2D eigenvalue weighted by Crippen LogP contribution is -2.46. The van der Waals surface area contributed by atoms with Crippen LogP contribution in [0.25, 0.3) is 0 Å². The topological polar surface area (TPSA) is 120 Å². The molecule has 2 aliphatic heterocycles. The number of anilines is 1. The molecule has 10 nitrogen and oxygen atoms in total. The second-order valence-corrected chi connectivity index (χ2v) is 9.94. The first-order valence-corrected chi connectivity index (χ1v) is 12.1. The number of sulfonamides is 1. The molecule has 2 aromatic carbocycles. The Morgan fingerprint density at radius 3 is 2.42 bits per heavy atom. The fraction of sp³-hybridized carbons (Fsp3) is 0.409. The van der Waals surface area contributed by atoms with E-state index in [4.69, 9.17) is 10.00 Å². The predicted octanol–water partition coefficient (Wildman–Crippen LogP) is 1.81. The first-order valence-electron chi connectivity index (χ1n) is 10.7. The largest absolute Gasteiger partial charge is 0.379 e. The Balaban J connectivity index is 1.48. The Bertz CT molecular complexity index is 1170. The zero-order valence-electron chi connectivity index (χ0n) is 18.1. The lowest BCUT2D eigenvalue weighted by atomic mass is 10.1. The fourth-order valence-electron chi connectivity index (χ4n) is 4.16. The van der Waals surface area contributed by atoms with E-state index < -0.39 is 14.9 Å². The third-order valence-corrected chi connectivity index (χ3v) is 7.82. The molecule has 0 spiro atoms. The van der Waals surface area contributed by atoms with Gasteiger partial charge in [0.1, 0.15) is 5.69 Å². The summed E-state index contributed by atoms with van der Waals surface area (Å²) in [5.74, 6) is 0. The summed E-state index contributed by atoms with van der Waals surface area (Å²) >= 11 is 0. The van der Waals surface area contributed by atoms with Crippen molar-refractivity contribution in [1.29, 1.82) is 5.26 Å². The first-order chi connectivity index (χ1) is 15.9. The van der Waals surface area contributed by atoms with Crippen LogP contribution >= 0.6 is 0 Å². The van der Waals surface area contributed by atoms with E-state index in [2.05, 4.69) is 11.0 Å². The van der Waals surface area contributed by atoms with Gasteiger partial charge in [-0.15, -0.1) is 0 Å². The van der Waals surface area contributed by atoms with Crippen molar-refractivity contribution in [3.8, 4) is 6.07 Å². The van der Waals surface area contributed by atoms with Gasteiger partial charge >= 0.3 is 0 Å². The van der Waals surface area contributed by atoms with Crippen LogP contribution < -0.4 is 4.90 Å². The molecule has 0 amide bonds. The Labute approximate surface area is 192 Å². The number of hydrogen-bond donors (Lipinski definition) is 0. The van der Waals surface area contributed by atoms with Gasteiger partial charge in [0.2, 0.25) is 10.0 Å². The Hall–Kier alpha value is -3.04. The molecule has 0 N–H and O–H groups in total. The summed E-state index contributed by atoms with van der Waals surface area (Å²) in [5, 5.41) is 20.9. The summed E-state index contributed by atoms with van der Waals surface area (Å²) < 4.78 is 32.3. The van der Waals surface area contributed by atoms with Crippen molar-refractivity contribution in [1.82, 2.24) is 9.21 Å². The number of nitriles is 1. The highest BCUT2D eigenvalue weighted by molar-refractivity contribution is 7.89. The van der Waals surface area contributed by atoms with Crippen LogP contribution in [-0.4, -0.2) is 75.0 Å². The molecule has 11 heteroatoms. The smallest absolute Gasteiger partial charge is 0.293 e. The molecule has 2 aromatic rings. The molecule has 0 unspecified atom stereocenters. The predicted molar refractivity (Wildman–Crippen MR) is 121 cm³/mol. The van der Waals surface area contributed by atoms with Gasteiger partial charge in [0, 0.05) is 51.9 Å². The van der Waals surface area contributed by atoms with Gasteiger partial charge in [-0.25, -0.2) is 8.42 Å². The van der Waals surface area contributed by atoms with E-state index in [0.717, 1.165) is 5.56 Å². The maximum atomic E-state index is 12.9. The van der Waals surface area contributed by atoms with Crippen molar-refractivity contribution in [3.05, 3.63) is 63.7 Å². The third kappa shape index (κ3) is 5.15. The SMILES string of the molecule is N#Cc1cccc(CN2CCN(c3ccc(S(=O)(=O)N4CCOCC4)cc3[N+](=O)[O-])CC2)c1. The minimum absolute atomic E-state index is 0.0733. The van der Waals surface area contributed by atoms with Gasteiger partial charge in [0.15, 0.2) is 0 Å². The van der Waals surface area contributed by atoms with E-state index in [9.17, 15) is 18.5 Å². The first kappa shape index (κ1) is 23.1. The number of nitro benzene ring substituents is 1. The van der Waals surface area contributed by atoms with E-state index in [1.54, 1.807) is 6.07 Å². The maximum absolute atomic E-state index is 12.9. The van der Waals surface area contributed by atoms with Crippen molar-refractivity contribution in [2.45, 2.75) is 11.4 Å². The van der Waals surface area contributed by atoms with Gasteiger partial charge < -0.3 is 9.64 Å². The van der Waals surface area contributed by atoms with Gasteiger partial charge in [0.25, 0.3) is 5.69 Å². The number of benzene rings is 2. The van der Waals surface area contributed by atoms with Crippen LogP contribution in [0.4, 0.5) is 11.4 Å². The van der Waals surface area contributed by atoms with Crippen LogP contribution in [-0.2, 0) is 21.3 Å². The number of morpholine rings is 1. The molecule has 2 saturated heterocycles. The molecule has 2 aliphatic rings. The molecule has 174 valence electrons.